The van der Waals surface area contributed by atoms with Gasteiger partial charge in [-0.2, -0.15) is 11.8 Å². The van der Waals surface area contributed by atoms with Gasteiger partial charge in [-0.25, -0.2) is 4.39 Å². The van der Waals surface area contributed by atoms with Crippen molar-refractivity contribution in [2.24, 2.45) is 0 Å². The quantitative estimate of drug-likeness (QED) is 0.259. The molecule has 26 heavy (non-hydrogen) atoms. The Bertz CT molecular complexity index is 419. The van der Waals surface area contributed by atoms with E-state index >= 15 is 0 Å². The van der Waals surface area contributed by atoms with Crippen LogP contribution >= 0.6 is 11.8 Å². The van der Waals surface area contributed by atoms with E-state index in [-0.39, 0.29) is 5.82 Å². The van der Waals surface area contributed by atoms with Crippen molar-refractivity contribution in [1.29, 1.82) is 0 Å². The van der Waals surface area contributed by atoms with E-state index < -0.39 is 0 Å². The van der Waals surface area contributed by atoms with Gasteiger partial charge in [-0.1, -0.05) is 63.5 Å². The van der Waals surface area contributed by atoms with Crippen LogP contribution < -0.4 is 0 Å². The first kappa shape index (κ1) is 23.5. The van der Waals surface area contributed by atoms with Crippen molar-refractivity contribution >= 4 is 11.8 Å². The molecule has 0 fully saturated rings. The topological polar surface area (TPSA) is 9.23 Å². The molecule has 0 atom stereocenters. The summed E-state index contributed by atoms with van der Waals surface area (Å²) in [5.41, 5.74) is 1.26. The summed E-state index contributed by atoms with van der Waals surface area (Å²) in [5, 5.41) is 0. The fraction of sp³-hybridized carbons (Fsp3) is 0.739. The number of hydrogen-bond acceptors (Lipinski definition) is 2. The molecular weight excluding hydrogens is 343 g/mol. The molecule has 0 unspecified atom stereocenters. The van der Waals surface area contributed by atoms with Gasteiger partial charge in [-0.15, -0.1) is 0 Å². The zero-order valence-corrected chi connectivity index (χ0v) is 17.8. The number of aryl methyl sites for hydroxylation is 1. The van der Waals surface area contributed by atoms with E-state index in [9.17, 15) is 4.39 Å². The Balaban J connectivity index is 1.74. The Kier molecular flexibility index (Phi) is 15.0. The zero-order valence-electron chi connectivity index (χ0n) is 17.0. The lowest BCUT2D eigenvalue weighted by Crippen LogP contribution is -2.05. The molecule has 0 heterocycles. The molecule has 0 aliphatic rings. The number of benzene rings is 1. The predicted molar refractivity (Wildman–Crippen MR) is 115 cm³/mol. The molecule has 0 amide bonds. The monoisotopic (exact) mass is 382 g/mol. The maximum atomic E-state index is 12.8. The van der Waals surface area contributed by atoms with Gasteiger partial charge in [0.2, 0.25) is 0 Å². The van der Waals surface area contributed by atoms with Crippen molar-refractivity contribution in [2.45, 2.75) is 90.6 Å². The molecule has 0 aliphatic carbocycles. The fourth-order valence-corrected chi connectivity index (χ4v) is 3.87. The summed E-state index contributed by atoms with van der Waals surface area (Å²) < 4.78 is 18.4. The highest BCUT2D eigenvalue weighted by atomic mass is 32.2. The van der Waals surface area contributed by atoms with Gasteiger partial charge < -0.3 is 4.74 Å². The second-order valence-corrected chi connectivity index (χ2v) is 8.67. The number of unbranched alkanes of at least 4 members (excludes halogenated alkanes) is 9. The summed E-state index contributed by atoms with van der Waals surface area (Å²) in [6.45, 7) is 5.09. The molecule has 0 N–H and O–H groups in total. The Labute approximate surface area is 165 Å². The zero-order chi connectivity index (χ0) is 18.9. The summed E-state index contributed by atoms with van der Waals surface area (Å²) in [6.07, 6.45) is 15.0. The highest BCUT2D eigenvalue weighted by molar-refractivity contribution is 7.99. The largest absolute Gasteiger partial charge is 0.378 e. The van der Waals surface area contributed by atoms with Crippen molar-refractivity contribution in [3.8, 4) is 0 Å². The molecule has 1 aromatic carbocycles. The molecule has 0 aromatic heterocycles. The first-order chi connectivity index (χ1) is 12.7. The van der Waals surface area contributed by atoms with Crippen LogP contribution in [0, 0.1) is 5.82 Å². The van der Waals surface area contributed by atoms with Gasteiger partial charge in [0.15, 0.2) is 0 Å². The van der Waals surface area contributed by atoms with E-state index in [4.69, 9.17) is 4.74 Å². The number of ether oxygens (including phenoxy) is 1. The van der Waals surface area contributed by atoms with E-state index in [1.165, 1.54) is 75.5 Å². The second-order valence-electron chi connectivity index (χ2n) is 7.44. The van der Waals surface area contributed by atoms with Gasteiger partial charge in [0.05, 0.1) is 12.7 Å². The molecule has 1 rings (SSSR count). The molecule has 0 aliphatic heterocycles. The molecule has 0 saturated heterocycles. The van der Waals surface area contributed by atoms with Gasteiger partial charge in [0.1, 0.15) is 5.82 Å². The second kappa shape index (κ2) is 16.6. The fourth-order valence-electron chi connectivity index (χ4n) is 3.04. The number of halogens is 1. The van der Waals surface area contributed by atoms with Crippen LogP contribution in [-0.2, 0) is 11.2 Å². The van der Waals surface area contributed by atoms with E-state index in [0.717, 1.165) is 18.8 Å². The standard InChI is InChI=1S/C23H39FOS/c1-21(2)25-18-20-26-19-12-10-8-6-4-3-5-7-9-11-13-22-14-16-23(24)17-15-22/h14-17,21H,3-13,18-20H2,1-2H3. The van der Waals surface area contributed by atoms with Gasteiger partial charge >= 0.3 is 0 Å². The maximum absolute atomic E-state index is 12.8. The lowest BCUT2D eigenvalue weighted by Gasteiger charge is -2.07. The smallest absolute Gasteiger partial charge is 0.123 e. The average molecular weight is 383 g/mol. The molecule has 0 spiro atoms. The number of rotatable bonds is 17. The maximum Gasteiger partial charge on any atom is 0.123 e. The summed E-state index contributed by atoms with van der Waals surface area (Å²) in [7, 11) is 0. The third kappa shape index (κ3) is 14.6. The lowest BCUT2D eigenvalue weighted by molar-refractivity contribution is 0.0920. The van der Waals surface area contributed by atoms with E-state index in [1.807, 2.05) is 23.9 Å². The predicted octanol–water partition coefficient (Wildman–Crippen LogP) is 7.43. The van der Waals surface area contributed by atoms with Gasteiger partial charge in [-0.05, 0) is 56.6 Å². The minimum Gasteiger partial charge on any atom is -0.378 e. The van der Waals surface area contributed by atoms with Crippen LogP contribution in [-0.4, -0.2) is 24.2 Å². The van der Waals surface area contributed by atoms with Gasteiger partial charge in [-0.3, -0.25) is 0 Å². The van der Waals surface area contributed by atoms with Crippen LogP contribution in [0.25, 0.3) is 0 Å². The van der Waals surface area contributed by atoms with Gasteiger partial charge in [0, 0.05) is 5.75 Å². The lowest BCUT2D eigenvalue weighted by atomic mass is 10.0. The van der Waals surface area contributed by atoms with E-state index in [2.05, 4.69) is 13.8 Å². The minimum atomic E-state index is -0.135. The molecular formula is C23H39FOS. The molecule has 3 heteroatoms. The summed E-state index contributed by atoms with van der Waals surface area (Å²) in [5.74, 6) is 2.29. The van der Waals surface area contributed by atoms with Crippen LogP contribution in [0.15, 0.2) is 24.3 Å². The third-order valence-electron chi connectivity index (χ3n) is 4.60. The Morgan fingerprint density at radius 3 is 1.88 bits per heavy atom. The first-order valence-electron chi connectivity index (χ1n) is 10.6. The summed E-state index contributed by atoms with van der Waals surface area (Å²) in [6, 6.07) is 6.95. The van der Waals surface area contributed by atoms with Crippen molar-refractivity contribution in [1.82, 2.24) is 0 Å². The normalized spacial score (nSPS) is 11.4. The van der Waals surface area contributed by atoms with Crippen LogP contribution in [0.4, 0.5) is 4.39 Å². The third-order valence-corrected chi connectivity index (χ3v) is 5.63. The molecule has 0 radical (unpaired) electrons. The van der Waals surface area contributed by atoms with Crippen molar-refractivity contribution in [3.05, 3.63) is 35.6 Å². The average Bonchev–Trinajstić information content (AvgIpc) is 2.62. The van der Waals surface area contributed by atoms with Crippen molar-refractivity contribution in [3.63, 3.8) is 0 Å². The minimum absolute atomic E-state index is 0.135. The van der Waals surface area contributed by atoms with Crippen molar-refractivity contribution in [2.75, 3.05) is 18.1 Å². The van der Waals surface area contributed by atoms with Crippen molar-refractivity contribution < 1.29 is 9.13 Å². The molecule has 0 bridgehead atoms. The summed E-state index contributed by atoms with van der Waals surface area (Å²) >= 11 is 2.03. The van der Waals surface area contributed by atoms with Gasteiger partial charge in [0.25, 0.3) is 0 Å². The molecule has 1 aromatic rings. The first-order valence-corrected chi connectivity index (χ1v) is 11.8. The number of hydrogen-bond donors (Lipinski definition) is 0. The SMILES string of the molecule is CC(C)OCCSCCCCCCCCCCCCc1ccc(F)cc1. The highest BCUT2D eigenvalue weighted by Crippen LogP contribution is 2.14. The van der Waals surface area contributed by atoms with Crippen LogP contribution in [0.1, 0.15) is 83.6 Å². The Hall–Kier alpha value is -0.540. The molecule has 0 saturated carbocycles. The van der Waals surface area contributed by atoms with Crippen LogP contribution in [0.2, 0.25) is 0 Å². The van der Waals surface area contributed by atoms with Crippen LogP contribution in [0.5, 0.6) is 0 Å². The van der Waals surface area contributed by atoms with E-state index in [0.29, 0.717) is 6.10 Å². The Morgan fingerprint density at radius 2 is 1.31 bits per heavy atom. The van der Waals surface area contributed by atoms with E-state index in [1.54, 1.807) is 12.1 Å². The molecule has 150 valence electrons. The molecule has 1 nitrogen and oxygen atoms in total. The van der Waals surface area contributed by atoms with Crippen LogP contribution in [0.3, 0.4) is 0 Å². The highest BCUT2D eigenvalue weighted by Gasteiger charge is 1.97. The number of thioether (sulfide) groups is 1. The Morgan fingerprint density at radius 1 is 0.769 bits per heavy atom. The summed E-state index contributed by atoms with van der Waals surface area (Å²) in [4.78, 5) is 0.